The summed E-state index contributed by atoms with van der Waals surface area (Å²) in [5.74, 6) is -0.777. The third-order valence-corrected chi connectivity index (χ3v) is 7.38. The van der Waals surface area contributed by atoms with Gasteiger partial charge < -0.3 is 9.47 Å². The monoisotopic (exact) mass is 543 g/mol. The molecule has 0 aliphatic heterocycles. The Morgan fingerprint density at radius 1 is 1.05 bits per heavy atom. The zero-order chi connectivity index (χ0) is 27.0. The van der Waals surface area contributed by atoms with Gasteiger partial charge >= 0.3 is 5.97 Å². The summed E-state index contributed by atoms with van der Waals surface area (Å²) in [6, 6.07) is 17.8. The second-order valence-corrected chi connectivity index (χ2v) is 10.3. The van der Waals surface area contributed by atoms with Crippen molar-refractivity contribution in [3.05, 3.63) is 88.4 Å². The molecule has 9 nitrogen and oxygen atoms in total. The summed E-state index contributed by atoms with van der Waals surface area (Å²) in [4.78, 5) is 24.0. The highest BCUT2D eigenvalue weighted by atomic mass is 35.5. The van der Waals surface area contributed by atoms with Crippen molar-refractivity contribution in [2.24, 2.45) is 5.10 Å². The van der Waals surface area contributed by atoms with Gasteiger partial charge in [0.2, 0.25) is 0 Å². The number of anilines is 1. The van der Waals surface area contributed by atoms with Gasteiger partial charge in [0.05, 0.1) is 23.9 Å². The highest BCUT2D eigenvalue weighted by molar-refractivity contribution is 7.92. The standard InChI is InChI=1S/C26H26ClN3O6S/c1-18-7-11-23(12-8-18)37(33,34)30(21-10-9-19(2)24(27)14-21)16-25(31)29-28-15-20-5-4-6-22(13-20)36-17-26(32)35-3/h4-15H,16-17H2,1-3H3,(H,29,31)/b28-15-. The average molecular weight is 544 g/mol. The maximum Gasteiger partial charge on any atom is 0.343 e. The number of nitrogens with zero attached hydrogens (tertiary/aromatic N) is 2. The highest BCUT2D eigenvalue weighted by Crippen LogP contribution is 2.28. The van der Waals surface area contributed by atoms with Crippen molar-refractivity contribution in [3.63, 3.8) is 0 Å². The number of methoxy groups -OCH3 is 1. The Kier molecular flexibility index (Phi) is 9.26. The molecular formula is C26H26ClN3O6S. The minimum atomic E-state index is -4.09. The molecule has 0 radical (unpaired) electrons. The summed E-state index contributed by atoms with van der Waals surface area (Å²) in [5, 5.41) is 4.29. The minimum absolute atomic E-state index is 0.0369. The maximum absolute atomic E-state index is 13.5. The first kappa shape index (κ1) is 27.7. The molecule has 0 atom stereocenters. The van der Waals surface area contributed by atoms with E-state index in [0.717, 1.165) is 15.4 Å². The second kappa shape index (κ2) is 12.4. The third-order valence-electron chi connectivity index (χ3n) is 5.18. The van der Waals surface area contributed by atoms with E-state index in [9.17, 15) is 18.0 Å². The average Bonchev–Trinajstić information content (AvgIpc) is 2.88. The highest BCUT2D eigenvalue weighted by Gasteiger charge is 2.27. The van der Waals surface area contributed by atoms with Crippen molar-refractivity contribution in [1.82, 2.24) is 5.43 Å². The van der Waals surface area contributed by atoms with Crippen LogP contribution in [0.1, 0.15) is 16.7 Å². The number of benzene rings is 3. The molecule has 0 fully saturated rings. The lowest BCUT2D eigenvalue weighted by Crippen LogP contribution is -2.39. The topological polar surface area (TPSA) is 114 Å². The maximum atomic E-state index is 13.5. The number of sulfonamides is 1. The zero-order valence-corrected chi connectivity index (χ0v) is 22.0. The van der Waals surface area contributed by atoms with Crippen LogP contribution in [0.15, 0.2) is 76.7 Å². The molecule has 0 saturated heterocycles. The van der Waals surface area contributed by atoms with Crippen LogP contribution in [0.4, 0.5) is 5.69 Å². The Hall–Kier alpha value is -3.89. The number of ether oxygens (including phenoxy) is 2. The largest absolute Gasteiger partial charge is 0.482 e. The number of amides is 1. The Balaban J connectivity index is 1.77. The summed E-state index contributed by atoms with van der Waals surface area (Å²) < 4.78 is 37.8. The van der Waals surface area contributed by atoms with E-state index in [0.29, 0.717) is 16.3 Å². The van der Waals surface area contributed by atoms with Gasteiger partial charge in [-0.15, -0.1) is 0 Å². The van der Waals surface area contributed by atoms with Crippen molar-refractivity contribution in [2.75, 3.05) is 24.6 Å². The van der Waals surface area contributed by atoms with Crippen LogP contribution in [0.5, 0.6) is 5.75 Å². The van der Waals surface area contributed by atoms with Gasteiger partial charge in [-0.2, -0.15) is 5.10 Å². The van der Waals surface area contributed by atoms with Crippen LogP contribution in [0.3, 0.4) is 0 Å². The van der Waals surface area contributed by atoms with E-state index in [1.54, 1.807) is 55.5 Å². The molecule has 3 rings (SSSR count). The lowest BCUT2D eigenvalue weighted by Gasteiger charge is -2.24. The number of esters is 1. The lowest BCUT2D eigenvalue weighted by atomic mass is 10.2. The van der Waals surface area contributed by atoms with Gasteiger partial charge in [-0.25, -0.2) is 18.6 Å². The summed E-state index contributed by atoms with van der Waals surface area (Å²) >= 11 is 6.24. The van der Waals surface area contributed by atoms with Gasteiger partial charge in [0, 0.05) is 5.02 Å². The normalized spacial score (nSPS) is 11.2. The summed E-state index contributed by atoms with van der Waals surface area (Å²) in [6.07, 6.45) is 1.37. The number of hydrogen-bond acceptors (Lipinski definition) is 7. The molecule has 0 saturated carbocycles. The van der Waals surface area contributed by atoms with Gasteiger partial charge in [-0.3, -0.25) is 9.10 Å². The SMILES string of the molecule is COC(=O)COc1cccc(/C=N\NC(=O)CN(c2ccc(C)c(Cl)c2)S(=O)(=O)c2ccc(C)cc2)c1. The predicted molar refractivity (Wildman–Crippen MR) is 142 cm³/mol. The summed E-state index contributed by atoms with van der Waals surface area (Å²) in [6.45, 7) is 2.86. The van der Waals surface area contributed by atoms with E-state index < -0.39 is 28.4 Å². The Morgan fingerprint density at radius 3 is 2.46 bits per heavy atom. The molecule has 3 aromatic rings. The number of hydrazone groups is 1. The van der Waals surface area contributed by atoms with Crippen LogP contribution in [-0.2, 0) is 24.3 Å². The Labute approximate surface area is 220 Å². The number of nitrogens with one attached hydrogen (secondary N) is 1. The summed E-state index contributed by atoms with van der Waals surface area (Å²) in [5.41, 5.74) is 4.83. The molecule has 0 aliphatic carbocycles. The number of aryl methyl sites for hydroxylation is 2. The van der Waals surface area contributed by atoms with E-state index in [1.165, 1.54) is 31.5 Å². The molecule has 11 heteroatoms. The predicted octanol–water partition coefficient (Wildman–Crippen LogP) is 3.85. The van der Waals surface area contributed by atoms with Gasteiger partial charge in [-0.05, 0) is 61.4 Å². The zero-order valence-electron chi connectivity index (χ0n) is 20.5. The fraction of sp³-hybridized carbons (Fsp3) is 0.192. The van der Waals surface area contributed by atoms with Crippen molar-refractivity contribution in [1.29, 1.82) is 0 Å². The minimum Gasteiger partial charge on any atom is -0.482 e. The molecule has 1 amide bonds. The fourth-order valence-corrected chi connectivity index (χ4v) is 4.71. The molecule has 0 unspecified atom stereocenters. The molecule has 194 valence electrons. The van der Waals surface area contributed by atoms with Gasteiger partial charge in [0.15, 0.2) is 6.61 Å². The van der Waals surface area contributed by atoms with Crippen molar-refractivity contribution in [3.8, 4) is 5.75 Å². The van der Waals surface area contributed by atoms with E-state index in [-0.39, 0.29) is 17.2 Å². The summed E-state index contributed by atoms with van der Waals surface area (Å²) in [7, 11) is -2.82. The van der Waals surface area contributed by atoms with E-state index in [1.807, 2.05) is 6.92 Å². The van der Waals surface area contributed by atoms with Crippen LogP contribution in [0.25, 0.3) is 0 Å². The molecule has 0 aromatic heterocycles. The smallest absolute Gasteiger partial charge is 0.343 e. The van der Waals surface area contributed by atoms with Crippen molar-refractivity contribution < 1.29 is 27.5 Å². The molecule has 0 aliphatic rings. The molecule has 1 N–H and O–H groups in total. The van der Waals surface area contributed by atoms with Crippen LogP contribution in [-0.4, -0.2) is 46.8 Å². The van der Waals surface area contributed by atoms with Crippen molar-refractivity contribution >= 4 is 45.4 Å². The van der Waals surface area contributed by atoms with Gasteiger partial charge in [0.1, 0.15) is 12.3 Å². The molecule has 0 heterocycles. The first-order chi connectivity index (χ1) is 17.6. The molecule has 0 spiro atoms. The second-order valence-electron chi connectivity index (χ2n) is 7.99. The number of carbonyl (C=O) groups is 2. The number of rotatable bonds is 10. The van der Waals surface area contributed by atoms with Gasteiger partial charge in [-0.1, -0.05) is 47.5 Å². The third kappa shape index (κ3) is 7.55. The molecule has 3 aromatic carbocycles. The van der Waals surface area contributed by atoms with E-state index in [2.05, 4.69) is 15.3 Å². The van der Waals surface area contributed by atoms with Crippen LogP contribution in [0.2, 0.25) is 5.02 Å². The molecule has 0 bridgehead atoms. The number of halogens is 1. The number of hydrogen-bond donors (Lipinski definition) is 1. The van der Waals surface area contributed by atoms with Gasteiger partial charge in [0.25, 0.3) is 15.9 Å². The first-order valence-corrected chi connectivity index (χ1v) is 12.9. The lowest BCUT2D eigenvalue weighted by molar-refractivity contribution is -0.142. The Morgan fingerprint density at radius 2 is 1.78 bits per heavy atom. The number of carbonyl (C=O) groups excluding carboxylic acids is 2. The van der Waals surface area contributed by atoms with E-state index >= 15 is 0 Å². The Bertz CT molecular complexity index is 1410. The quantitative estimate of drug-likeness (QED) is 0.236. The molecule has 37 heavy (non-hydrogen) atoms. The molecular weight excluding hydrogens is 518 g/mol. The van der Waals surface area contributed by atoms with E-state index in [4.69, 9.17) is 16.3 Å². The van der Waals surface area contributed by atoms with Crippen LogP contribution >= 0.6 is 11.6 Å². The first-order valence-electron chi connectivity index (χ1n) is 11.1. The fourth-order valence-electron chi connectivity index (χ4n) is 3.12. The van der Waals surface area contributed by atoms with Crippen LogP contribution < -0.4 is 14.5 Å². The van der Waals surface area contributed by atoms with Crippen LogP contribution in [0, 0.1) is 13.8 Å². The van der Waals surface area contributed by atoms with Crippen molar-refractivity contribution in [2.45, 2.75) is 18.7 Å².